The van der Waals surface area contributed by atoms with Gasteiger partial charge in [-0.05, 0) is 47.3 Å². The molecule has 0 radical (unpaired) electrons. The van der Waals surface area contributed by atoms with E-state index in [4.69, 9.17) is 5.11 Å². The SMILES string of the molecule is Cc1cc(C(=O)O)c(C)n1Cc1sccc1Br. The second kappa shape index (κ2) is 4.66. The summed E-state index contributed by atoms with van der Waals surface area (Å²) in [4.78, 5) is 12.2. The molecule has 0 aliphatic carbocycles. The number of rotatable bonds is 3. The summed E-state index contributed by atoms with van der Waals surface area (Å²) in [6.07, 6.45) is 0. The maximum absolute atomic E-state index is 11.0. The first kappa shape index (κ1) is 12.4. The summed E-state index contributed by atoms with van der Waals surface area (Å²) in [6, 6.07) is 3.73. The van der Waals surface area contributed by atoms with Crippen molar-refractivity contribution in [3.8, 4) is 0 Å². The summed E-state index contributed by atoms with van der Waals surface area (Å²) < 4.78 is 3.10. The topological polar surface area (TPSA) is 42.2 Å². The van der Waals surface area contributed by atoms with Crippen molar-refractivity contribution in [3.05, 3.63) is 43.8 Å². The lowest BCUT2D eigenvalue weighted by Crippen LogP contribution is -2.05. The Morgan fingerprint density at radius 1 is 1.53 bits per heavy atom. The van der Waals surface area contributed by atoms with Crippen LogP contribution in [0, 0.1) is 13.8 Å². The highest BCUT2D eigenvalue weighted by atomic mass is 79.9. The van der Waals surface area contributed by atoms with Gasteiger partial charge in [0.1, 0.15) is 0 Å². The number of hydrogen-bond acceptors (Lipinski definition) is 2. The zero-order valence-electron chi connectivity index (χ0n) is 9.53. The molecule has 0 fully saturated rings. The lowest BCUT2D eigenvalue weighted by Gasteiger charge is -2.08. The average molecular weight is 314 g/mol. The van der Waals surface area contributed by atoms with Gasteiger partial charge in [0.25, 0.3) is 0 Å². The van der Waals surface area contributed by atoms with Gasteiger partial charge in [0.15, 0.2) is 0 Å². The molecule has 0 saturated heterocycles. The molecule has 5 heteroatoms. The van der Waals surface area contributed by atoms with Crippen LogP contribution in [-0.4, -0.2) is 15.6 Å². The number of carboxylic acids is 1. The zero-order chi connectivity index (χ0) is 12.6. The van der Waals surface area contributed by atoms with Crippen molar-refractivity contribution in [2.24, 2.45) is 0 Å². The van der Waals surface area contributed by atoms with Gasteiger partial charge in [-0.3, -0.25) is 0 Å². The van der Waals surface area contributed by atoms with E-state index in [2.05, 4.69) is 15.9 Å². The van der Waals surface area contributed by atoms with E-state index in [0.29, 0.717) is 12.1 Å². The highest BCUT2D eigenvalue weighted by molar-refractivity contribution is 9.10. The molecule has 1 N–H and O–H groups in total. The molecule has 0 atom stereocenters. The molecule has 0 aromatic carbocycles. The Balaban J connectivity index is 2.40. The lowest BCUT2D eigenvalue weighted by molar-refractivity contribution is 0.0696. The first-order valence-electron chi connectivity index (χ1n) is 5.12. The Morgan fingerprint density at radius 3 is 2.71 bits per heavy atom. The second-order valence-corrected chi connectivity index (χ2v) is 5.72. The van der Waals surface area contributed by atoms with Crippen LogP contribution in [0.25, 0.3) is 0 Å². The number of halogens is 1. The van der Waals surface area contributed by atoms with Crippen LogP contribution in [0.4, 0.5) is 0 Å². The van der Waals surface area contributed by atoms with Gasteiger partial charge in [-0.25, -0.2) is 4.79 Å². The van der Waals surface area contributed by atoms with E-state index >= 15 is 0 Å². The fourth-order valence-electron chi connectivity index (χ4n) is 1.84. The van der Waals surface area contributed by atoms with Gasteiger partial charge in [0.05, 0.1) is 12.1 Å². The van der Waals surface area contributed by atoms with E-state index in [9.17, 15) is 4.79 Å². The summed E-state index contributed by atoms with van der Waals surface area (Å²) in [5, 5.41) is 11.1. The predicted molar refractivity (Wildman–Crippen MR) is 72.0 cm³/mol. The van der Waals surface area contributed by atoms with Crippen molar-refractivity contribution in [3.63, 3.8) is 0 Å². The third-order valence-electron chi connectivity index (χ3n) is 2.80. The van der Waals surface area contributed by atoms with E-state index < -0.39 is 5.97 Å². The molecular formula is C12H12BrNO2S. The van der Waals surface area contributed by atoms with Crippen LogP contribution in [-0.2, 0) is 6.54 Å². The molecular weight excluding hydrogens is 302 g/mol. The molecule has 0 amide bonds. The number of aryl methyl sites for hydroxylation is 1. The van der Waals surface area contributed by atoms with Crippen molar-refractivity contribution < 1.29 is 9.90 Å². The molecule has 0 unspecified atom stereocenters. The van der Waals surface area contributed by atoms with Crippen LogP contribution in [0.5, 0.6) is 0 Å². The maximum atomic E-state index is 11.0. The fraction of sp³-hybridized carbons (Fsp3) is 0.250. The Morgan fingerprint density at radius 2 is 2.24 bits per heavy atom. The number of thiophene rings is 1. The van der Waals surface area contributed by atoms with Gasteiger partial charge >= 0.3 is 5.97 Å². The van der Waals surface area contributed by atoms with Gasteiger partial charge in [-0.2, -0.15) is 0 Å². The summed E-state index contributed by atoms with van der Waals surface area (Å²) >= 11 is 5.15. The number of carbonyl (C=O) groups is 1. The molecule has 90 valence electrons. The van der Waals surface area contributed by atoms with Crippen LogP contribution in [0.1, 0.15) is 26.6 Å². The highest BCUT2D eigenvalue weighted by Crippen LogP contribution is 2.26. The summed E-state index contributed by atoms with van der Waals surface area (Å²) in [5.74, 6) is -0.866. The number of hydrogen-bond donors (Lipinski definition) is 1. The number of carboxylic acid groups (broad SMARTS) is 1. The third-order valence-corrected chi connectivity index (χ3v) is 4.71. The molecule has 2 aromatic heterocycles. The van der Waals surface area contributed by atoms with Gasteiger partial charge in [0.2, 0.25) is 0 Å². The van der Waals surface area contributed by atoms with Crippen molar-refractivity contribution in [2.75, 3.05) is 0 Å². The summed E-state index contributed by atoms with van der Waals surface area (Å²) in [5.41, 5.74) is 2.16. The predicted octanol–water partition coefficient (Wildman–Crippen LogP) is 3.68. The monoisotopic (exact) mass is 313 g/mol. The van der Waals surface area contributed by atoms with E-state index in [1.807, 2.05) is 29.9 Å². The standard InChI is InChI=1S/C12H12BrNO2S/c1-7-5-9(12(15)16)8(2)14(7)6-11-10(13)3-4-17-11/h3-5H,6H2,1-2H3,(H,15,16). The molecule has 0 saturated carbocycles. The minimum atomic E-state index is -0.866. The number of nitrogens with zero attached hydrogens (tertiary/aromatic N) is 1. The maximum Gasteiger partial charge on any atom is 0.337 e. The first-order chi connectivity index (χ1) is 8.00. The normalized spacial score (nSPS) is 10.8. The highest BCUT2D eigenvalue weighted by Gasteiger charge is 2.15. The molecule has 3 nitrogen and oxygen atoms in total. The van der Waals surface area contributed by atoms with Crippen LogP contribution in [0.2, 0.25) is 0 Å². The molecule has 2 rings (SSSR count). The van der Waals surface area contributed by atoms with Gasteiger partial charge < -0.3 is 9.67 Å². The van der Waals surface area contributed by atoms with Crippen LogP contribution in [0.3, 0.4) is 0 Å². The van der Waals surface area contributed by atoms with E-state index in [-0.39, 0.29) is 0 Å². The molecule has 0 aliphatic rings. The van der Waals surface area contributed by atoms with E-state index in [0.717, 1.165) is 15.9 Å². The second-order valence-electron chi connectivity index (χ2n) is 3.87. The zero-order valence-corrected chi connectivity index (χ0v) is 11.9. The molecule has 2 aromatic rings. The van der Waals surface area contributed by atoms with Gasteiger partial charge in [-0.15, -0.1) is 11.3 Å². The number of aromatic nitrogens is 1. The minimum Gasteiger partial charge on any atom is -0.478 e. The summed E-state index contributed by atoms with van der Waals surface area (Å²) in [6.45, 7) is 4.49. The minimum absolute atomic E-state index is 0.384. The van der Waals surface area contributed by atoms with Gasteiger partial charge in [-0.1, -0.05) is 0 Å². The molecule has 0 aliphatic heterocycles. The van der Waals surface area contributed by atoms with Gasteiger partial charge in [0, 0.05) is 20.7 Å². The van der Waals surface area contributed by atoms with Crippen LogP contribution < -0.4 is 0 Å². The van der Waals surface area contributed by atoms with Crippen molar-refractivity contribution in [2.45, 2.75) is 20.4 Å². The van der Waals surface area contributed by atoms with Crippen molar-refractivity contribution in [1.29, 1.82) is 0 Å². The third kappa shape index (κ3) is 2.30. The fourth-order valence-corrected chi connectivity index (χ4v) is 3.31. The molecule has 0 spiro atoms. The Hall–Kier alpha value is -1.07. The smallest absolute Gasteiger partial charge is 0.337 e. The molecule has 17 heavy (non-hydrogen) atoms. The quantitative estimate of drug-likeness (QED) is 0.939. The first-order valence-corrected chi connectivity index (χ1v) is 6.80. The lowest BCUT2D eigenvalue weighted by atomic mass is 10.2. The molecule has 0 bridgehead atoms. The number of aromatic carboxylic acids is 1. The molecule has 2 heterocycles. The average Bonchev–Trinajstić information content (AvgIpc) is 2.77. The van der Waals surface area contributed by atoms with Crippen LogP contribution in [0.15, 0.2) is 22.0 Å². The Labute approximate surface area is 112 Å². The van der Waals surface area contributed by atoms with Crippen molar-refractivity contribution in [1.82, 2.24) is 4.57 Å². The van der Waals surface area contributed by atoms with Crippen LogP contribution >= 0.6 is 27.3 Å². The van der Waals surface area contributed by atoms with Crippen molar-refractivity contribution >= 4 is 33.2 Å². The largest absolute Gasteiger partial charge is 0.478 e. The summed E-state index contributed by atoms with van der Waals surface area (Å²) in [7, 11) is 0. The Kier molecular flexibility index (Phi) is 3.40. The van der Waals surface area contributed by atoms with E-state index in [1.165, 1.54) is 4.88 Å². The Bertz CT molecular complexity index is 571. The van der Waals surface area contributed by atoms with E-state index in [1.54, 1.807) is 17.4 Å².